The fourth-order valence-corrected chi connectivity index (χ4v) is 3.62. The highest BCUT2D eigenvalue weighted by Gasteiger charge is 2.22. The Morgan fingerprint density at radius 1 is 1.15 bits per heavy atom. The summed E-state index contributed by atoms with van der Waals surface area (Å²) in [6.45, 7) is 6.89. The van der Waals surface area contributed by atoms with Crippen LogP contribution in [0.5, 0.6) is 0 Å². The molecule has 1 amide bonds. The molecule has 26 heavy (non-hydrogen) atoms. The quantitative estimate of drug-likeness (QED) is 0.765. The van der Waals surface area contributed by atoms with Gasteiger partial charge in [0.2, 0.25) is 0 Å². The normalized spacial score (nSPS) is 14.8. The molecular weight excluding hydrogens is 352 g/mol. The van der Waals surface area contributed by atoms with Gasteiger partial charge >= 0.3 is 5.97 Å². The lowest BCUT2D eigenvalue weighted by molar-refractivity contribution is 0.0525. The summed E-state index contributed by atoms with van der Waals surface area (Å²) in [4.78, 5) is 37.6. The van der Waals surface area contributed by atoms with Gasteiger partial charge in [-0.25, -0.2) is 14.8 Å². The molecule has 3 rings (SSSR count). The first-order chi connectivity index (χ1) is 12.6. The maximum Gasteiger partial charge on any atom is 0.339 e. The maximum atomic E-state index is 12.6. The molecule has 0 unspecified atom stereocenters. The first kappa shape index (κ1) is 18.3. The zero-order valence-corrected chi connectivity index (χ0v) is 15.8. The summed E-state index contributed by atoms with van der Waals surface area (Å²) < 4.78 is 4.98. The van der Waals surface area contributed by atoms with Crippen LogP contribution < -0.4 is 4.90 Å². The minimum atomic E-state index is -0.362. The van der Waals surface area contributed by atoms with Crippen LogP contribution in [0, 0.1) is 6.92 Å². The number of rotatable bonds is 4. The van der Waals surface area contributed by atoms with Gasteiger partial charge in [0.15, 0.2) is 0 Å². The van der Waals surface area contributed by atoms with E-state index in [0.29, 0.717) is 36.7 Å². The van der Waals surface area contributed by atoms with E-state index >= 15 is 0 Å². The van der Waals surface area contributed by atoms with E-state index in [-0.39, 0.29) is 11.9 Å². The van der Waals surface area contributed by atoms with Crippen molar-refractivity contribution in [3.63, 3.8) is 0 Å². The highest BCUT2D eigenvalue weighted by Crippen LogP contribution is 2.18. The molecule has 1 saturated heterocycles. The fourth-order valence-electron chi connectivity index (χ4n) is 2.87. The second-order valence-corrected chi connectivity index (χ2v) is 7.24. The van der Waals surface area contributed by atoms with Crippen LogP contribution in [-0.2, 0) is 4.74 Å². The number of ether oxygens (including phenoxy) is 1. The molecule has 0 N–H and O–H groups in total. The second kappa shape index (κ2) is 8.27. The lowest BCUT2D eigenvalue weighted by Crippen LogP contribution is -2.35. The Morgan fingerprint density at radius 3 is 2.65 bits per heavy atom. The first-order valence-corrected chi connectivity index (χ1v) is 9.50. The van der Waals surface area contributed by atoms with Crippen LogP contribution in [0.2, 0.25) is 0 Å². The number of hydrogen-bond acceptors (Lipinski definition) is 7. The van der Waals surface area contributed by atoms with E-state index in [4.69, 9.17) is 4.74 Å². The van der Waals surface area contributed by atoms with Gasteiger partial charge in [-0.2, -0.15) is 0 Å². The molecule has 0 atom stereocenters. The fraction of sp³-hybridized carbons (Fsp3) is 0.444. The number of carbonyl (C=O) groups excluding carboxylic acids is 2. The van der Waals surface area contributed by atoms with E-state index < -0.39 is 0 Å². The van der Waals surface area contributed by atoms with Crippen molar-refractivity contribution in [1.29, 1.82) is 0 Å². The van der Waals surface area contributed by atoms with Crippen LogP contribution in [-0.4, -0.2) is 59.5 Å². The molecule has 138 valence electrons. The zero-order chi connectivity index (χ0) is 18.5. The van der Waals surface area contributed by atoms with Gasteiger partial charge in [-0.05, 0) is 32.4 Å². The first-order valence-electron chi connectivity index (χ1n) is 8.68. The van der Waals surface area contributed by atoms with Crippen molar-refractivity contribution in [2.75, 3.05) is 37.7 Å². The number of aromatic nitrogens is 2. The number of aryl methyl sites for hydroxylation is 1. The van der Waals surface area contributed by atoms with E-state index in [9.17, 15) is 9.59 Å². The third-order valence-electron chi connectivity index (χ3n) is 4.20. The SMILES string of the molecule is CCOC(=O)c1ccc(N2CCCN(C(=O)c3cnc(C)s3)CC2)nc1. The van der Waals surface area contributed by atoms with Gasteiger partial charge < -0.3 is 14.5 Å². The zero-order valence-electron chi connectivity index (χ0n) is 15.0. The Bertz CT molecular complexity index is 775. The van der Waals surface area contributed by atoms with Crippen molar-refractivity contribution < 1.29 is 14.3 Å². The maximum absolute atomic E-state index is 12.6. The van der Waals surface area contributed by atoms with Crippen LogP contribution in [0.1, 0.15) is 38.4 Å². The summed E-state index contributed by atoms with van der Waals surface area (Å²) in [5, 5.41) is 0.899. The molecular formula is C18H22N4O3S. The van der Waals surface area contributed by atoms with Crippen LogP contribution in [0.15, 0.2) is 24.5 Å². The smallest absolute Gasteiger partial charge is 0.339 e. The molecule has 0 bridgehead atoms. The number of anilines is 1. The number of hydrogen-bond donors (Lipinski definition) is 0. The lowest BCUT2D eigenvalue weighted by Gasteiger charge is -2.22. The predicted molar refractivity (Wildman–Crippen MR) is 99.8 cm³/mol. The Morgan fingerprint density at radius 2 is 2.00 bits per heavy atom. The van der Waals surface area contributed by atoms with Crippen molar-refractivity contribution >= 4 is 29.0 Å². The molecule has 1 aliphatic rings. The molecule has 8 heteroatoms. The van der Waals surface area contributed by atoms with Crippen molar-refractivity contribution in [1.82, 2.24) is 14.9 Å². The Hall–Kier alpha value is -2.48. The third-order valence-corrected chi connectivity index (χ3v) is 5.10. The monoisotopic (exact) mass is 374 g/mol. The van der Waals surface area contributed by atoms with Gasteiger partial charge in [0, 0.05) is 32.4 Å². The highest BCUT2D eigenvalue weighted by atomic mass is 32.1. The van der Waals surface area contributed by atoms with Gasteiger partial charge in [-0.3, -0.25) is 4.79 Å². The number of pyridine rings is 1. The average Bonchev–Trinajstić information content (AvgIpc) is 2.93. The summed E-state index contributed by atoms with van der Waals surface area (Å²) in [5.41, 5.74) is 0.447. The molecule has 2 aromatic heterocycles. The minimum absolute atomic E-state index is 0.0445. The van der Waals surface area contributed by atoms with Crippen LogP contribution >= 0.6 is 11.3 Å². The Kier molecular flexibility index (Phi) is 5.82. The molecule has 1 fully saturated rings. The van der Waals surface area contributed by atoms with Crippen LogP contribution in [0.3, 0.4) is 0 Å². The van der Waals surface area contributed by atoms with Gasteiger partial charge in [0.25, 0.3) is 5.91 Å². The van der Waals surface area contributed by atoms with E-state index in [2.05, 4.69) is 14.9 Å². The minimum Gasteiger partial charge on any atom is -0.462 e. The summed E-state index contributed by atoms with van der Waals surface area (Å²) in [7, 11) is 0. The molecule has 7 nitrogen and oxygen atoms in total. The number of nitrogens with zero attached hydrogens (tertiary/aromatic N) is 4. The van der Waals surface area contributed by atoms with Gasteiger partial charge in [-0.1, -0.05) is 0 Å². The third kappa shape index (κ3) is 4.19. The number of esters is 1. The molecule has 0 saturated carbocycles. The highest BCUT2D eigenvalue weighted by molar-refractivity contribution is 7.13. The lowest BCUT2D eigenvalue weighted by atomic mass is 10.2. The predicted octanol–water partition coefficient (Wildman–Crippen LogP) is 2.38. The summed E-state index contributed by atoms with van der Waals surface area (Å²) in [6.07, 6.45) is 4.06. The second-order valence-electron chi connectivity index (χ2n) is 6.00. The van der Waals surface area contributed by atoms with E-state index in [1.54, 1.807) is 25.4 Å². The summed E-state index contributed by atoms with van der Waals surface area (Å²) in [6, 6.07) is 3.56. The van der Waals surface area contributed by atoms with Gasteiger partial charge in [0.05, 0.1) is 23.4 Å². The standard InChI is InChI=1S/C18H22N4O3S/c1-3-25-18(24)14-5-6-16(20-11-14)21-7-4-8-22(10-9-21)17(23)15-12-19-13(2)26-15/h5-6,11-12H,3-4,7-10H2,1-2H3. The van der Waals surface area contributed by atoms with E-state index in [1.807, 2.05) is 17.9 Å². The Labute approximate surface area is 156 Å². The van der Waals surface area contributed by atoms with Crippen molar-refractivity contribution in [2.45, 2.75) is 20.3 Å². The molecule has 0 aliphatic carbocycles. The molecule has 0 aromatic carbocycles. The van der Waals surface area contributed by atoms with Gasteiger partial charge in [0.1, 0.15) is 10.7 Å². The van der Waals surface area contributed by atoms with Crippen molar-refractivity contribution in [3.8, 4) is 0 Å². The molecule has 1 aliphatic heterocycles. The van der Waals surface area contributed by atoms with Gasteiger partial charge in [-0.15, -0.1) is 11.3 Å². The molecule has 3 heterocycles. The molecule has 2 aromatic rings. The number of thiazole rings is 1. The topological polar surface area (TPSA) is 75.6 Å². The van der Waals surface area contributed by atoms with E-state index in [0.717, 1.165) is 23.8 Å². The average molecular weight is 374 g/mol. The van der Waals surface area contributed by atoms with Crippen molar-refractivity contribution in [3.05, 3.63) is 40.0 Å². The van der Waals surface area contributed by atoms with Crippen LogP contribution in [0.25, 0.3) is 0 Å². The van der Waals surface area contributed by atoms with Crippen LogP contribution in [0.4, 0.5) is 5.82 Å². The molecule has 0 radical (unpaired) electrons. The largest absolute Gasteiger partial charge is 0.462 e. The summed E-state index contributed by atoms with van der Waals surface area (Å²) >= 11 is 1.43. The van der Waals surface area contributed by atoms with Crippen molar-refractivity contribution in [2.24, 2.45) is 0 Å². The number of carbonyl (C=O) groups is 2. The number of amides is 1. The Balaban J connectivity index is 1.63. The van der Waals surface area contributed by atoms with E-state index in [1.165, 1.54) is 11.3 Å². The molecule has 0 spiro atoms. The summed E-state index contributed by atoms with van der Waals surface area (Å²) in [5.74, 6) is 0.489.